The SMILES string of the molecule is CCNC(=NCc1ncc(C(C)(C)C)o1)NCCOc1c(C)cccc1C.I. The minimum Gasteiger partial charge on any atom is -0.491 e. The number of nitrogens with zero attached hydrogens (tertiary/aromatic N) is 2. The largest absolute Gasteiger partial charge is 0.491 e. The van der Waals surface area contributed by atoms with Crippen LogP contribution in [0.2, 0.25) is 0 Å². The molecular formula is C21H33IN4O2. The Hall–Kier alpha value is -1.77. The lowest BCUT2D eigenvalue weighted by Crippen LogP contribution is -2.39. The van der Waals surface area contributed by atoms with Crippen molar-refractivity contribution in [2.75, 3.05) is 19.7 Å². The van der Waals surface area contributed by atoms with E-state index in [0.717, 1.165) is 35.1 Å². The van der Waals surface area contributed by atoms with Crippen molar-refractivity contribution in [2.24, 2.45) is 4.99 Å². The highest BCUT2D eigenvalue weighted by Gasteiger charge is 2.19. The molecule has 156 valence electrons. The van der Waals surface area contributed by atoms with Crippen LogP contribution in [0.15, 0.2) is 33.8 Å². The van der Waals surface area contributed by atoms with Gasteiger partial charge in [-0.3, -0.25) is 0 Å². The van der Waals surface area contributed by atoms with E-state index in [1.807, 2.05) is 13.0 Å². The Morgan fingerprint density at radius 1 is 1.18 bits per heavy atom. The van der Waals surface area contributed by atoms with Crippen LogP contribution in [-0.4, -0.2) is 30.6 Å². The molecule has 2 aromatic rings. The molecule has 28 heavy (non-hydrogen) atoms. The number of ether oxygens (including phenoxy) is 1. The van der Waals surface area contributed by atoms with Gasteiger partial charge in [0.25, 0.3) is 0 Å². The van der Waals surface area contributed by atoms with Gasteiger partial charge in [0.1, 0.15) is 24.7 Å². The van der Waals surface area contributed by atoms with Crippen molar-refractivity contribution in [3.63, 3.8) is 0 Å². The van der Waals surface area contributed by atoms with Crippen molar-refractivity contribution in [3.8, 4) is 5.75 Å². The molecule has 0 saturated carbocycles. The van der Waals surface area contributed by atoms with E-state index < -0.39 is 0 Å². The van der Waals surface area contributed by atoms with Crippen LogP contribution in [-0.2, 0) is 12.0 Å². The molecule has 1 heterocycles. The van der Waals surface area contributed by atoms with Crippen molar-refractivity contribution in [1.82, 2.24) is 15.6 Å². The fraction of sp³-hybridized carbons (Fsp3) is 0.524. The number of guanidine groups is 1. The second-order valence-corrected chi connectivity index (χ2v) is 7.56. The molecule has 2 N–H and O–H groups in total. The first kappa shape index (κ1) is 24.3. The minimum atomic E-state index is -0.0528. The highest BCUT2D eigenvalue weighted by Crippen LogP contribution is 2.23. The summed E-state index contributed by atoms with van der Waals surface area (Å²) in [7, 11) is 0. The first-order valence-electron chi connectivity index (χ1n) is 9.47. The molecule has 0 fully saturated rings. The third-order valence-corrected chi connectivity index (χ3v) is 4.06. The number of aryl methyl sites for hydroxylation is 2. The van der Waals surface area contributed by atoms with Crippen LogP contribution in [0, 0.1) is 13.8 Å². The van der Waals surface area contributed by atoms with E-state index in [-0.39, 0.29) is 29.4 Å². The van der Waals surface area contributed by atoms with Crippen molar-refractivity contribution in [1.29, 1.82) is 0 Å². The van der Waals surface area contributed by atoms with Gasteiger partial charge < -0.3 is 19.8 Å². The number of aliphatic imine (C=N–C) groups is 1. The number of hydrogen-bond donors (Lipinski definition) is 2. The molecule has 0 atom stereocenters. The number of rotatable bonds is 7. The zero-order chi connectivity index (χ0) is 19.9. The zero-order valence-corrected chi connectivity index (χ0v) is 20.1. The summed E-state index contributed by atoms with van der Waals surface area (Å²) in [6.45, 7) is 14.8. The highest BCUT2D eigenvalue weighted by atomic mass is 127. The van der Waals surface area contributed by atoms with Gasteiger partial charge in [0.05, 0.1) is 12.7 Å². The molecule has 0 spiro atoms. The van der Waals surface area contributed by atoms with Crippen molar-refractivity contribution >= 4 is 29.9 Å². The number of nitrogens with one attached hydrogen (secondary N) is 2. The Morgan fingerprint density at radius 3 is 2.43 bits per heavy atom. The molecule has 2 rings (SSSR count). The molecule has 0 bridgehead atoms. The number of oxazole rings is 1. The van der Waals surface area contributed by atoms with Gasteiger partial charge in [0.15, 0.2) is 5.96 Å². The van der Waals surface area contributed by atoms with E-state index in [9.17, 15) is 0 Å². The summed E-state index contributed by atoms with van der Waals surface area (Å²) in [6, 6.07) is 6.16. The lowest BCUT2D eigenvalue weighted by Gasteiger charge is -2.14. The second kappa shape index (κ2) is 11.3. The molecule has 0 saturated heterocycles. The third kappa shape index (κ3) is 7.33. The first-order chi connectivity index (χ1) is 12.8. The standard InChI is InChI=1S/C21H32N4O2.HI/c1-7-22-20(25-14-18-24-13-17(27-18)21(4,5)6)23-11-12-26-19-15(2)9-8-10-16(19)3;/h8-10,13H,7,11-12,14H2,1-6H3,(H2,22,23,25);1H. The molecule has 6 nitrogen and oxygen atoms in total. The van der Waals surface area contributed by atoms with Gasteiger partial charge in [0.2, 0.25) is 5.89 Å². The number of para-hydroxylation sites is 1. The van der Waals surface area contributed by atoms with Crippen LogP contribution >= 0.6 is 24.0 Å². The van der Waals surface area contributed by atoms with E-state index in [1.54, 1.807) is 6.20 Å². The summed E-state index contributed by atoms with van der Waals surface area (Å²) in [6.07, 6.45) is 1.78. The van der Waals surface area contributed by atoms with Crippen molar-refractivity contribution in [3.05, 3.63) is 47.2 Å². The Morgan fingerprint density at radius 2 is 1.86 bits per heavy atom. The van der Waals surface area contributed by atoms with Gasteiger partial charge in [0, 0.05) is 12.0 Å². The fourth-order valence-corrected chi connectivity index (χ4v) is 2.57. The molecular weight excluding hydrogens is 467 g/mol. The molecule has 1 aromatic carbocycles. The summed E-state index contributed by atoms with van der Waals surface area (Å²) in [5.41, 5.74) is 2.24. The van der Waals surface area contributed by atoms with E-state index >= 15 is 0 Å². The highest BCUT2D eigenvalue weighted by molar-refractivity contribution is 14.0. The second-order valence-electron chi connectivity index (χ2n) is 7.56. The quantitative estimate of drug-likeness (QED) is 0.256. The molecule has 0 aliphatic heterocycles. The van der Waals surface area contributed by atoms with Crippen LogP contribution in [0.3, 0.4) is 0 Å². The Balaban J connectivity index is 0.00000392. The van der Waals surface area contributed by atoms with Gasteiger partial charge in [-0.1, -0.05) is 39.0 Å². The average Bonchev–Trinajstić information content (AvgIpc) is 3.08. The van der Waals surface area contributed by atoms with Crippen LogP contribution < -0.4 is 15.4 Å². The lowest BCUT2D eigenvalue weighted by atomic mass is 9.94. The van der Waals surface area contributed by atoms with Gasteiger partial charge in [-0.25, -0.2) is 9.98 Å². The summed E-state index contributed by atoms with van der Waals surface area (Å²) in [4.78, 5) is 8.86. The summed E-state index contributed by atoms with van der Waals surface area (Å²) >= 11 is 0. The summed E-state index contributed by atoms with van der Waals surface area (Å²) < 4.78 is 11.7. The average molecular weight is 500 g/mol. The normalized spacial score (nSPS) is 11.7. The molecule has 1 aromatic heterocycles. The van der Waals surface area contributed by atoms with Gasteiger partial charge in [-0.2, -0.15) is 0 Å². The number of halogens is 1. The topological polar surface area (TPSA) is 71.7 Å². The van der Waals surface area contributed by atoms with Crippen LogP contribution in [0.4, 0.5) is 0 Å². The van der Waals surface area contributed by atoms with E-state index in [2.05, 4.69) is 67.4 Å². The van der Waals surface area contributed by atoms with Crippen molar-refractivity contribution < 1.29 is 9.15 Å². The molecule has 0 aliphatic rings. The summed E-state index contributed by atoms with van der Waals surface area (Å²) in [5, 5.41) is 6.51. The first-order valence-corrected chi connectivity index (χ1v) is 9.47. The number of hydrogen-bond acceptors (Lipinski definition) is 4. The van der Waals surface area contributed by atoms with Crippen LogP contribution in [0.1, 0.15) is 50.5 Å². The maximum atomic E-state index is 5.92. The van der Waals surface area contributed by atoms with Crippen LogP contribution in [0.25, 0.3) is 0 Å². The lowest BCUT2D eigenvalue weighted by molar-refractivity contribution is 0.317. The monoisotopic (exact) mass is 500 g/mol. The molecule has 7 heteroatoms. The fourth-order valence-electron chi connectivity index (χ4n) is 2.57. The smallest absolute Gasteiger partial charge is 0.216 e. The maximum absolute atomic E-state index is 5.92. The van der Waals surface area contributed by atoms with E-state index in [4.69, 9.17) is 9.15 Å². The number of benzene rings is 1. The van der Waals surface area contributed by atoms with E-state index in [0.29, 0.717) is 25.6 Å². The predicted molar refractivity (Wildman–Crippen MR) is 125 cm³/mol. The molecule has 0 aliphatic carbocycles. The predicted octanol–water partition coefficient (Wildman–Crippen LogP) is 4.34. The minimum absolute atomic E-state index is 0. The summed E-state index contributed by atoms with van der Waals surface area (Å²) in [5.74, 6) is 3.16. The molecule has 0 amide bonds. The van der Waals surface area contributed by atoms with Gasteiger partial charge >= 0.3 is 0 Å². The number of aromatic nitrogens is 1. The zero-order valence-electron chi connectivity index (χ0n) is 17.8. The molecule has 0 radical (unpaired) electrons. The Kier molecular flexibility index (Phi) is 9.78. The van der Waals surface area contributed by atoms with Gasteiger partial charge in [-0.05, 0) is 31.9 Å². The maximum Gasteiger partial charge on any atom is 0.216 e. The van der Waals surface area contributed by atoms with Crippen molar-refractivity contribution in [2.45, 2.75) is 53.5 Å². The van der Waals surface area contributed by atoms with E-state index in [1.165, 1.54) is 0 Å². The third-order valence-electron chi connectivity index (χ3n) is 4.06. The van der Waals surface area contributed by atoms with Gasteiger partial charge in [-0.15, -0.1) is 24.0 Å². The Bertz CT molecular complexity index is 746. The molecule has 0 unspecified atom stereocenters. The van der Waals surface area contributed by atoms with Crippen LogP contribution in [0.5, 0.6) is 5.75 Å². The Labute approximate surface area is 185 Å².